The number of aliphatic hydroxyl groups excluding tert-OH is 1. The lowest BCUT2D eigenvalue weighted by Gasteiger charge is -2.21. The van der Waals surface area contributed by atoms with Crippen LogP contribution >= 0.6 is 15.6 Å². The van der Waals surface area contributed by atoms with Gasteiger partial charge < -0.3 is 33.8 Å². The third kappa shape index (κ3) is 74.7. The number of carbonyl (C=O) groups is 4. The van der Waals surface area contributed by atoms with Crippen molar-refractivity contribution in [2.75, 3.05) is 39.6 Å². The van der Waals surface area contributed by atoms with Gasteiger partial charge in [0.1, 0.15) is 19.3 Å². The average molecular weight is 1480 g/mol. The Labute approximate surface area is 619 Å². The molecule has 0 heterocycles. The van der Waals surface area contributed by atoms with Crippen LogP contribution in [0.15, 0.2) is 0 Å². The van der Waals surface area contributed by atoms with E-state index in [2.05, 4.69) is 48.5 Å². The fraction of sp³-hybridized carbons (Fsp3) is 0.951. The summed E-state index contributed by atoms with van der Waals surface area (Å²) in [6, 6.07) is 0. The van der Waals surface area contributed by atoms with Gasteiger partial charge in [0.05, 0.1) is 26.4 Å². The quantitative estimate of drug-likeness (QED) is 0.0222. The van der Waals surface area contributed by atoms with Gasteiger partial charge in [-0.2, -0.15) is 0 Å². The van der Waals surface area contributed by atoms with Gasteiger partial charge in [-0.15, -0.1) is 0 Å². The van der Waals surface area contributed by atoms with Crippen molar-refractivity contribution in [3.05, 3.63) is 0 Å². The Morgan fingerprint density at radius 1 is 0.287 bits per heavy atom. The number of rotatable bonds is 80. The molecule has 0 radical (unpaired) electrons. The molecule has 0 aromatic heterocycles. The lowest BCUT2D eigenvalue weighted by Crippen LogP contribution is -2.30. The predicted molar refractivity (Wildman–Crippen MR) is 414 cm³/mol. The van der Waals surface area contributed by atoms with E-state index < -0.39 is 97.5 Å². The molecule has 17 nitrogen and oxygen atoms in total. The van der Waals surface area contributed by atoms with Crippen molar-refractivity contribution in [3.8, 4) is 0 Å². The maximum Gasteiger partial charge on any atom is 0.472 e. The summed E-state index contributed by atoms with van der Waals surface area (Å²) in [6.07, 6.45) is 61.0. The van der Waals surface area contributed by atoms with Gasteiger partial charge in [-0.25, -0.2) is 9.13 Å². The first-order valence-electron chi connectivity index (χ1n) is 42.4. The van der Waals surface area contributed by atoms with Crippen LogP contribution in [-0.4, -0.2) is 96.7 Å². The Morgan fingerprint density at radius 3 is 0.752 bits per heavy atom. The minimum Gasteiger partial charge on any atom is -0.462 e. The molecule has 0 saturated heterocycles. The molecule has 600 valence electrons. The molecule has 0 bridgehead atoms. The molecule has 19 heteroatoms. The van der Waals surface area contributed by atoms with E-state index in [0.29, 0.717) is 25.7 Å². The Hall–Kier alpha value is -1.94. The standard InChI is InChI=1S/C82H160O17P2/c1-8-10-11-12-13-14-15-28-35-42-49-56-63-79(84)92-70-78(99-82(87)66-59-52-45-38-31-33-40-47-54-61-74(5)6)72-97-101(90,91)95-68-76(83)67-94-100(88,89)96-71-77(69-93-80(85)64-57-50-43-36-29-25-24-26-32-39-46-53-60-73(3)4)98-81(86)65-58-51-44-37-30-23-21-19-17-16-18-20-22-27-34-41-48-55-62-75(7)9-2/h73-78,83H,8-72H2,1-7H3,(H,88,89)(H,90,91)/t75?,76-,77-,78-/m1/s1. The Morgan fingerprint density at radius 2 is 0.505 bits per heavy atom. The molecule has 3 N–H and O–H groups in total. The zero-order chi connectivity index (χ0) is 74.4. The van der Waals surface area contributed by atoms with E-state index in [1.165, 1.54) is 238 Å². The highest BCUT2D eigenvalue weighted by molar-refractivity contribution is 7.47. The zero-order valence-electron chi connectivity index (χ0n) is 66.4. The summed E-state index contributed by atoms with van der Waals surface area (Å²) in [5, 5.41) is 10.6. The first kappa shape index (κ1) is 99.1. The maximum atomic E-state index is 13.1. The fourth-order valence-electron chi connectivity index (χ4n) is 12.6. The molecule has 0 fully saturated rings. The molecule has 0 aliphatic heterocycles. The zero-order valence-corrected chi connectivity index (χ0v) is 68.2. The number of aliphatic hydroxyl groups is 1. The van der Waals surface area contributed by atoms with Crippen LogP contribution in [0.25, 0.3) is 0 Å². The Balaban J connectivity index is 5.22. The molecule has 0 aliphatic carbocycles. The molecule has 0 aromatic rings. The lowest BCUT2D eigenvalue weighted by atomic mass is 9.99. The van der Waals surface area contributed by atoms with Gasteiger partial charge in [0.15, 0.2) is 12.2 Å². The molecule has 0 saturated carbocycles. The van der Waals surface area contributed by atoms with Gasteiger partial charge >= 0.3 is 39.5 Å². The second-order valence-electron chi connectivity index (χ2n) is 30.7. The van der Waals surface area contributed by atoms with E-state index in [1.807, 2.05) is 0 Å². The van der Waals surface area contributed by atoms with Crippen molar-refractivity contribution in [2.45, 2.75) is 446 Å². The number of esters is 4. The van der Waals surface area contributed by atoms with Crippen molar-refractivity contribution >= 4 is 39.5 Å². The number of ether oxygens (including phenoxy) is 4. The minimum atomic E-state index is -4.96. The summed E-state index contributed by atoms with van der Waals surface area (Å²) in [5.41, 5.74) is 0. The van der Waals surface area contributed by atoms with E-state index in [4.69, 9.17) is 37.0 Å². The van der Waals surface area contributed by atoms with Gasteiger partial charge in [-0.1, -0.05) is 376 Å². The van der Waals surface area contributed by atoms with Crippen LogP contribution in [-0.2, 0) is 65.4 Å². The number of phosphoric acid groups is 2. The Kier molecular flexibility index (Phi) is 70.9. The number of hydrogen-bond acceptors (Lipinski definition) is 15. The number of phosphoric ester groups is 2. The highest BCUT2D eigenvalue weighted by atomic mass is 31.2. The van der Waals surface area contributed by atoms with E-state index in [1.54, 1.807) is 0 Å². The number of carbonyl (C=O) groups excluding carboxylic acids is 4. The van der Waals surface area contributed by atoms with Gasteiger partial charge in [0.25, 0.3) is 0 Å². The second kappa shape index (κ2) is 72.3. The first-order valence-corrected chi connectivity index (χ1v) is 45.4. The van der Waals surface area contributed by atoms with E-state index in [-0.39, 0.29) is 25.7 Å². The van der Waals surface area contributed by atoms with Crippen LogP contribution in [0.1, 0.15) is 427 Å². The monoisotopic (exact) mass is 1480 g/mol. The smallest absolute Gasteiger partial charge is 0.462 e. The summed E-state index contributed by atoms with van der Waals surface area (Å²) >= 11 is 0. The molecular weight excluding hydrogens is 1320 g/mol. The van der Waals surface area contributed by atoms with Crippen LogP contribution < -0.4 is 0 Å². The van der Waals surface area contributed by atoms with E-state index >= 15 is 0 Å². The summed E-state index contributed by atoms with van der Waals surface area (Å²) < 4.78 is 68.7. The Bertz CT molecular complexity index is 1960. The average Bonchev–Trinajstić information content (AvgIpc) is 1.41. The topological polar surface area (TPSA) is 237 Å². The second-order valence-corrected chi connectivity index (χ2v) is 33.6. The van der Waals surface area contributed by atoms with Crippen LogP contribution in [0.5, 0.6) is 0 Å². The molecular formula is C82H160O17P2. The first-order chi connectivity index (χ1) is 48.8. The predicted octanol–water partition coefficient (Wildman–Crippen LogP) is 24.5. The molecule has 0 aliphatic rings. The van der Waals surface area contributed by atoms with Gasteiger partial charge in [0, 0.05) is 25.7 Å². The number of hydrogen-bond donors (Lipinski definition) is 3. The highest BCUT2D eigenvalue weighted by Crippen LogP contribution is 2.45. The summed E-state index contributed by atoms with van der Waals surface area (Å²) in [5.74, 6) is 0.280. The molecule has 0 amide bonds. The largest absolute Gasteiger partial charge is 0.472 e. The van der Waals surface area contributed by atoms with Crippen LogP contribution in [0.2, 0.25) is 0 Å². The number of unbranched alkanes of at least 4 members (excludes halogenated alkanes) is 47. The van der Waals surface area contributed by atoms with Crippen molar-refractivity contribution in [1.82, 2.24) is 0 Å². The van der Waals surface area contributed by atoms with Crippen LogP contribution in [0, 0.1) is 17.8 Å². The van der Waals surface area contributed by atoms with Crippen molar-refractivity contribution < 1.29 is 80.2 Å². The van der Waals surface area contributed by atoms with Crippen molar-refractivity contribution in [3.63, 3.8) is 0 Å². The van der Waals surface area contributed by atoms with Gasteiger partial charge in [-0.3, -0.25) is 37.3 Å². The van der Waals surface area contributed by atoms with Crippen LogP contribution in [0.4, 0.5) is 0 Å². The van der Waals surface area contributed by atoms with Crippen LogP contribution in [0.3, 0.4) is 0 Å². The maximum absolute atomic E-state index is 13.1. The molecule has 0 aromatic carbocycles. The normalized spacial score (nSPS) is 14.2. The molecule has 3 unspecified atom stereocenters. The lowest BCUT2D eigenvalue weighted by molar-refractivity contribution is -0.161. The third-order valence-electron chi connectivity index (χ3n) is 19.5. The summed E-state index contributed by atoms with van der Waals surface area (Å²) in [7, 11) is -9.92. The van der Waals surface area contributed by atoms with E-state index in [9.17, 15) is 43.2 Å². The molecule has 0 rings (SSSR count). The van der Waals surface area contributed by atoms with E-state index in [0.717, 1.165) is 108 Å². The van der Waals surface area contributed by atoms with Gasteiger partial charge in [-0.05, 0) is 43.4 Å². The summed E-state index contributed by atoms with van der Waals surface area (Å²) in [4.78, 5) is 73.0. The highest BCUT2D eigenvalue weighted by Gasteiger charge is 2.30. The fourth-order valence-corrected chi connectivity index (χ4v) is 14.2. The SMILES string of the molecule is CCCCCCCCCCCCCCC(=O)OC[C@H](COP(=O)(O)OC[C@H](O)COP(=O)(O)OC[C@@H](COC(=O)CCCCCCCCCCCCCCC(C)C)OC(=O)CCCCCCCCCCCCCCCCCCCCC(C)CC)OC(=O)CCCCCCCCCCCC(C)C. The van der Waals surface area contributed by atoms with Gasteiger partial charge in [0.2, 0.25) is 0 Å². The van der Waals surface area contributed by atoms with Crippen molar-refractivity contribution in [1.29, 1.82) is 0 Å². The van der Waals surface area contributed by atoms with Crippen molar-refractivity contribution in [2.24, 2.45) is 17.8 Å². The molecule has 0 spiro atoms. The summed E-state index contributed by atoms with van der Waals surface area (Å²) in [6.45, 7) is 12.0. The molecule has 6 atom stereocenters. The molecule has 101 heavy (non-hydrogen) atoms. The minimum absolute atomic E-state index is 0.106. The third-order valence-corrected chi connectivity index (χ3v) is 21.4.